The highest BCUT2D eigenvalue weighted by Crippen LogP contribution is 2.33. The van der Waals surface area contributed by atoms with Crippen molar-refractivity contribution < 1.29 is 18.5 Å². The van der Waals surface area contributed by atoms with Gasteiger partial charge in [0.25, 0.3) is 5.91 Å². The molecule has 8 heteroatoms. The molecule has 3 aromatic rings. The Hall–Kier alpha value is -3.55. The van der Waals surface area contributed by atoms with Gasteiger partial charge in [0, 0.05) is 5.56 Å². The Bertz CT molecular complexity index is 1020. The molecule has 1 N–H and O–H groups in total. The number of urea groups is 1. The van der Waals surface area contributed by atoms with Gasteiger partial charge in [-0.1, -0.05) is 42.4 Å². The zero-order valence-electron chi connectivity index (χ0n) is 15.1. The minimum atomic E-state index is -1.11. The Morgan fingerprint density at radius 1 is 1.11 bits per heavy atom. The zero-order chi connectivity index (χ0) is 19.7. The van der Waals surface area contributed by atoms with E-state index in [0.29, 0.717) is 12.0 Å². The summed E-state index contributed by atoms with van der Waals surface area (Å²) in [4.78, 5) is 30.9. The van der Waals surface area contributed by atoms with Gasteiger partial charge in [0.15, 0.2) is 0 Å². The van der Waals surface area contributed by atoms with Crippen molar-refractivity contribution in [2.75, 3.05) is 0 Å². The fourth-order valence-electron chi connectivity index (χ4n) is 3.30. The summed E-state index contributed by atoms with van der Waals surface area (Å²) in [5.41, 5.74) is 0.176. The van der Waals surface area contributed by atoms with Crippen LogP contribution >= 0.6 is 0 Å². The number of amides is 3. The SMILES string of the molecule is CCC1(c2ccccc2)NC(=O)N(Cc2nc(-c3ccc(F)cc3)no2)C1=O. The van der Waals surface area contributed by atoms with Crippen LogP contribution in [0.5, 0.6) is 0 Å². The molecule has 1 aromatic heterocycles. The largest absolute Gasteiger partial charge is 0.337 e. The molecular formula is C20H17FN4O3. The van der Waals surface area contributed by atoms with Crippen molar-refractivity contribution in [3.63, 3.8) is 0 Å². The van der Waals surface area contributed by atoms with E-state index in [-0.39, 0.29) is 30.0 Å². The Morgan fingerprint density at radius 2 is 1.82 bits per heavy atom. The molecule has 7 nitrogen and oxygen atoms in total. The molecule has 0 saturated carbocycles. The van der Waals surface area contributed by atoms with Gasteiger partial charge < -0.3 is 9.84 Å². The molecule has 0 bridgehead atoms. The first-order valence-corrected chi connectivity index (χ1v) is 8.81. The third-order valence-electron chi connectivity index (χ3n) is 4.84. The Balaban J connectivity index is 1.58. The molecule has 28 heavy (non-hydrogen) atoms. The van der Waals surface area contributed by atoms with Crippen LogP contribution in [0.4, 0.5) is 9.18 Å². The number of nitrogens with zero attached hydrogens (tertiary/aromatic N) is 3. The molecule has 142 valence electrons. The molecular weight excluding hydrogens is 363 g/mol. The maximum atomic E-state index is 13.1. The van der Waals surface area contributed by atoms with Crippen LogP contribution in [0.3, 0.4) is 0 Å². The van der Waals surface area contributed by atoms with Crippen molar-refractivity contribution >= 4 is 11.9 Å². The summed E-state index contributed by atoms with van der Waals surface area (Å²) < 4.78 is 18.2. The van der Waals surface area contributed by atoms with E-state index in [1.807, 2.05) is 37.3 Å². The molecule has 0 radical (unpaired) electrons. The number of hydrogen-bond acceptors (Lipinski definition) is 5. The van der Waals surface area contributed by atoms with Crippen molar-refractivity contribution in [1.82, 2.24) is 20.4 Å². The Morgan fingerprint density at radius 3 is 2.50 bits per heavy atom. The highest BCUT2D eigenvalue weighted by Gasteiger charge is 2.51. The predicted molar refractivity (Wildman–Crippen MR) is 97.2 cm³/mol. The summed E-state index contributed by atoms with van der Waals surface area (Å²) >= 11 is 0. The van der Waals surface area contributed by atoms with Crippen molar-refractivity contribution in [2.45, 2.75) is 25.4 Å². The first-order chi connectivity index (χ1) is 13.5. The summed E-state index contributed by atoms with van der Waals surface area (Å²) in [5.74, 6) is -0.369. The number of aromatic nitrogens is 2. The molecule has 1 aliphatic rings. The number of carbonyl (C=O) groups excluding carboxylic acids is 2. The van der Waals surface area contributed by atoms with Gasteiger partial charge in [-0.25, -0.2) is 9.18 Å². The van der Waals surface area contributed by atoms with E-state index in [4.69, 9.17) is 4.52 Å². The van der Waals surface area contributed by atoms with Crippen LogP contribution in [0.1, 0.15) is 24.8 Å². The van der Waals surface area contributed by atoms with E-state index in [1.165, 1.54) is 24.3 Å². The van der Waals surface area contributed by atoms with Crippen LogP contribution in [0.25, 0.3) is 11.4 Å². The minimum Gasteiger partial charge on any atom is -0.337 e. The molecule has 1 saturated heterocycles. The van der Waals surface area contributed by atoms with Crippen LogP contribution in [-0.2, 0) is 16.9 Å². The normalized spacial score (nSPS) is 19.1. The summed E-state index contributed by atoms with van der Waals surface area (Å²) in [6.07, 6.45) is 0.406. The third kappa shape index (κ3) is 2.92. The van der Waals surface area contributed by atoms with Gasteiger partial charge in [-0.3, -0.25) is 9.69 Å². The second-order valence-electron chi connectivity index (χ2n) is 6.46. The fraction of sp³-hybridized carbons (Fsp3) is 0.200. The molecule has 1 aliphatic heterocycles. The predicted octanol–water partition coefficient (Wildman–Crippen LogP) is 3.23. The zero-order valence-corrected chi connectivity index (χ0v) is 15.1. The molecule has 0 aliphatic carbocycles. The number of hydrogen-bond donors (Lipinski definition) is 1. The average Bonchev–Trinajstić information content (AvgIpc) is 3.28. The second-order valence-corrected chi connectivity index (χ2v) is 6.46. The van der Waals surface area contributed by atoms with Crippen LogP contribution in [0, 0.1) is 5.82 Å². The molecule has 1 atom stereocenters. The van der Waals surface area contributed by atoms with Gasteiger partial charge in [-0.2, -0.15) is 4.98 Å². The van der Waals surface area contributed by atoms with Crippen molar-refractivity contribution in [3.8, 4) is 11.4 Å². The van der Waals surface area contributed by atoms with Crippen LogP contribution in [0.2, 0.25) is 0 Å². The number of rotatable bonds is 5. The Labute approximate surface area is 160 Å². The molecule has 1 unspecified atom stereocenters. The number of nitrogens with one attached hydrogen (secondary N) is 1. The van der Waals surface area contributed by atoms with Crippen LogP contribution in [0.15, 0.2) is 59.1 Å². The smallest absolute Gasteiger partial charge is 0.325 e. The first-order valence-electron chi connectivity index (χ1n) is 8.81. The van der Waals surface area contributed by atoms with Gasteiger partial charge in [0.1, 0.15) is 17.9 Å². The van der Waals surface area contributed by atoms with E-state index in [2.05, 4.69) is 15.5 Å². The van der Waals surface area contributed by atoms with Crippen molar-refractivity contribution in [3.05, 3.63) is 71.9 Å². The van der Waals surface area contributed by atoms with E-state index in [1.54, 1.807) is 0 Å². The van der Waals surface area contributed by atoms with Crippen LogP contribution in [-0.4, -0.2) is 27.0 Å². The summed E-state index contributed by atoms with van der Waals surface area (Å²) in [6, 6.07) is 14.2. The number of benzene rings is 2. The molecule has 1 fully saturated rings. The molecule has 3 amide bonds. The maximum absolute atomic E-state index is 13.1. The third-order valence-corrected chi connectivity index (χ3v) is 4.84. The highest BCUT2D eigenvalue weighted by molar-refractivity contribution is 6.07. The maximum Gasteiger partial charge on any atom is 0.325 e. The standard InChI is InChI=1S/C20H17FN4O3/c1-2-20(14-6-4-3-5-7-14)18(26)25(19(27)23-20)12-16-22-17(24-28-16)13-8-10-15(21)11-9-13/h3-11H,2,12H2,1H3,(H,23,27). The van der Waals surface area contributed by atoms with Crippen molar-refractivity contribution in [2.24, 2.45) is 0 Å². The monoisotopic (exact) mass is 380 g/mol. The molecule has 4 rings (SSSR count). The average molecular weight is 380 g/mol. The molecule has 2 heterocycles. The van der Waals surface area contributed by atoms with Gasteiger partial charge in [0.2, 0.25) is 11.7 Å². The Kier molecular flexibility index (Phi) is 4.38. The lowest BCUT2D eigenvalue weighted by Crippen LogP contribution is -2.43. The lowest BCUT2D eigenvalue weighted by atomic mass is 9.87. The van der Waals surface area contributed by atoms with Gasteiger partial charge in [-0.15, -0.1) is 0 Å². The van der Waals surface area contributed by atoms with Gasteiger partial charge in [0.05, 0.1) is 0 Å². The van der Waals surface area contributed by atoms with E-state index in [0.717, 1.165) is 10.5 Å². The van der Waals surface area contributed by atoms with Gasteiger partial charge in [-0.05, 0) is 36.2 Å². The topological polar surface area (TPSA) is 88.3 Å². The lowest BCUT2D eigenvalue weighted by molar-refractivity contribution is -0.132. The number of carbonyl (C=O) groups is 2. The van der Waals surface area contributed by atoms with E-state index < -0.39 is 11.6 Å². The quantitative estimate of drug-likeness (QED) is 0.687. The van der Waals surface area contributed by atoms with Gasteiger partial charge >= 0.3 is 6.03 Å². The van der Waals surface area contributed by atoms with Crippen molar-refractivity contribution in [1.29, 1.82) is 0 Å². The minimum absolute atomic E-state index is 0.114. The molecule has 0 spiro atoms. The lowest BCUT2D eigenvalue weighted by Gasteiger charge is -2.25. The summed E-state index contributed by atoms with van der Waals surface area (Å²) in [6.45, 7) is 1.70. The summed E-state index contributed by atoms with van der Waals surface area (Å²) in [5, 5.41) is 6.65. The molecule has 2 aromatic carbocycles. The number of imide groups is 1. The first kappa shape index (κ1) is 17.8. The second kappa shape index (κ2) is 6.88. The fourth-order valence-corrected chi connectivity index (χ4v) is 3.30. The summed E-state index contributed by atoms with van der Waals surface area (Å²) in [7, 11) is 0. The highest BCUT2D eigenvalue weighted by atomic mass is 19.1. The van der Waals surface area contributed by atoms with E-state index in [9.17, 15) is 14.0 Å². The number of halogens is 1. The van der Waals surface area contributed by atoms with E-state index >= 15 is 0 Å². The van der Waals surface area contributed by atoms with Crippen LogP contribution < -0.4 is 5.32 Å².